The molecule has 0 bridgehead atoms. The zero-order valence-electron chi connectivity index (χ0n) is 7.66. The van der Waals surface area contributed by atoms with Gasteiger partial charge < -0.3 is 10.8 Å². The summed E-state index contributed by atoms with van der Waals surface area (Å²) in [7, 11) is 0. The minimum atomic E-state index is -0.618. The van der Waals surface area contributed by atoms with Gasteiger partial charge in [-0.25, -0.2) is 0 Å². The molecule has 0 saturated heterocycles. The zero-order valence-corrected chi connectivity index (χ0v) is 7.66. The second kappa shape index (κ2) is 3.54. The Morgan fingerprint density at radius 1 is 1.33 bits per heavy atom. The van der Waals surface area contributed by atoms with E-state index in [-0.39, 0.29) is 23.7 Å². The van der Waals surface area contributed by atoms with Crippen LogP contribution in [0.1, 0.15) is 26.7 Å². The summed E-state index contributed by atoms with van der Waals surface area (Å²) in [5, 5.41) is 9.58. The van der Waals surface area contributed by atoms with Gasteiger partial charge in [-0.15, -0.1) is 0 Å². The lowest BCUT2D eigenvalue weighted by Gasteiger charge is -2.14. The number of carbonyl (C=O) groups is 1. The van der Waals surface area contributed by atoms with E-state index in [1.807, 2.05) is 13.8 Å². The lowest BCUT2D eigenvalue weighted by molar-refractivity contribution is -0.125. The smallest absolute Gasteiger partial charge is 0.143 e. The molecular formula is C9H17NO2. The molecule has 0 spiro atoms. The van der Waals surface area contributed by atoms with Gasteiger partial charge in [0, 0.05) is 17.9 Å². The molecular weight excluding hydrogens is 154 g/mol. The van der Waals surface area contributed by atoms with E-state index in [0.717, 1.165) is 6.42 Å². The van der Waals surface area contributed by atoms with Gasteiger partial charge in [0.25, 0.3) is 0 Å². The number of rotatable bonds is 2. The fourth-order valence-corrected chi connectivity index (χ4v) is 2.06. The van der Waals surface area contributed by atoms with Crippen LogP contribution in [-0.2, 0) is 4.79 Å². The Morgan fingerprint density at radius 2 is 1.83 bits per heavy atom. The molecule has 1 aliphatic carbocycles. The van der Waals surface area contributed by atoms with Crippen LogP contribution in [0.2, 0.25) is 0 Å². The lowest BCUT2D eigenvalue weighted by Crippen LogP contribution is -2.36. The van der Waals surface area contributed by atoms with Gasteiger partial charge in [-0.3, -0.25) is 4.79 Å². The summed E-state index contributed by atoms with van der Waals surface area (Å²) in [4.78, 5) is 11.5. The number of ketones is 1. The fraction of sp³-hybridized carbons (Fsp3) is 0.889. The summed E-state index contributed by atoms with van der Waals surface area (Å²) < 4.78 is 0. The average molecular weight is 171 g/mol. The normalized spacial score (nSPS) is 42.2. The molecule has 3 heteroatoms. The highest BCUT2D eigenvalue weighted by Crippen LogP contribution is 2.30. The molecule has 1 fully saturated rings. The van der Waals surface area contributed by atoms with E-state index < -0.39 is 6.10 Å². The second-order valence-corrected chi connectivity index (χ2v) is 3.50. The third-order valence-corrected chi connectivity index (χ3v) is 2.88. The molecule has 4 atom stereocenters. The largest absolute Gasteiger partial charge is 0.391 e. The van der Waals surface area contributed by atoms with E-state index in [4.69, 9.17) is 5.73 Å². The summed E-state index contributed by atoms with van der Waals surface area (Å²) in [6.07, 6.45) is 0.824. The topological polar surface area (TPSA) is 63.3 Å². The third kappa shape index (κ3) is 1.27. The van der Waals surface area contributed by atoms with Crippen molar-refractivity contribution in [3.8, 4) is 0 Å². The van der Waals surface area contributed by atoms with Gasteiger partial charge in [-0.1, -0.05) is 13.8 Å². The predicted molar refractivity (Wildman–Crippen MR) is 46.6 cm³/mol. The average Bonchev–Trinajstić information content (AvgIpc) is 2.25. The number of carbonyl (C=O) groups excluding carboxylic acids is 1. The first-order chi connectivity index (χ1) is 5.63. The monoisotopic (exact) mass is 171 g/mol. The maximum atomic E-state index is 11.5. The number of nitrogens with two attached hydrogens (primary N) is 1. The molecule has 1 saturated carbocycles. The molecule has 0 amide bonds. The highest BCUT2D eigenvalue weighted by molar-refractivity contribution is 5.87. The van der Waals surface area contributed by atoms with Crippen LogP contribution in [0.4, 0.5) is 0 Å². The summed E-state index contributed by atoms with van der Waals surface area (Å²) in [5.74, 6) is -0.185. The number of hydrogen-bond acceptors (Lipinski definition) is 3. The summed E-state index contributed by atoms with van der Waals surface area (Å²) >= 11 is 0. The Bertz CT molecular complexity index is 163. The maximum Gasteiger partial charge on any atom is 0.143 e. The van der Waals surface area contributed by atoms with Crippen molar-refractivity contribution in [2.75, 3.05) is 0 Å². The standard InChI is InChI=1S/C9H17NO2/c1-3-5-7(10)9(12)6(4-2)8(5)11/h5-7,9,12H,3-4,10H2,1-2H3/t5?,6?,7?,9-/m1/s1. The van der Waals surface area contributed by atoms with Crippen LogP contribution in [0.25, 0.3) is 0 Å². The van der Waals surface area contributed by atoms with Crippen LogP contribution in [0.15, 0.2) is 0 Å². The number of hydrogen-bond donors (Lipinski definition) is 2. The molecule has 3 nitrogen and oxygen atoms in total. The van der Waals surface area contributed by atoms with Crippen molar-refractivity contribution in [3.63, 3.8) is 0 Å². The van der Waals surface area contributed by atoms with Crippen molar-refractivity contribution >= 4 is 5.78 Å². The van der Waals surface area contributed by atoms with E-state index in [1.54, 1.807) is 0 Å². The molecule has 12 heavy (non-hydrogen) atoms. The van der Waals surface area contributed by atoms with E-state index in [9.17, 15) is 9.90 Å². The highest BCUT2D eigenvalue weighted by Gasteiger charge is 2.45. The van der Waals surface area contributed by atoms with Gasteiger partial charge in [-0.05, 0) is 12.8 Å². The third-order valence-electron chi connectivity index (χ3n) is 2.88. The van der Waals surface area contributed by atoms with Crippen molar-refractivity contribution in [3.05, 3.63) is 0 Å². The Morgan fingerprint density at radius 3 is 2.08 bits per heavy atom. The zero-order chi connectivity index (χ0) is 9.30. The van der Waals surface area contributed by atoms with Crippen LogP contribution in [-0.4, -0.2) is 23.0 Å². The number of Topliss-reactive ketones (excluding diaryl/α,β-unsaturated/α-hetero) is 1. The van der Waals surface area contributed by atoms with Gasteiger partial charge in [0.05, 0.1) is 6.10 Å². The molecule has 0 aromatic carbocycles. The van der Waals surface area contributed by atoms with Gasteiger partial charge in [0.1, 0.15) is 5.78 Å². The van der Waals surface area contributed by atoms with Crippen LogP contribution in [0, 0.1) is 11.8 Å². The van der Waals surface area contributed by atoms with E-state index >= 15 is 0 Å². The SMILES string of the molecule is CCC1C(=O)C(CC)[C@@H](O)C1N. The van der Waals surface area contributed by atoms with Gasteiger partial charge in [0.15, 0.2) is 0 Å². The molecule has 3 unspecified atom stereocenters. The minimum absolute atomic E-state index is 0.120. The molecule has 70 valence electrons. The Kier molecular flexibility index (Phi) is 2.85. The Balaban J connectivity index is 2.78. The van der Waals surface area contributed by atoms with Gasteiger partial charge in [-0.2, -0.15) is 0 Å². The summed E-state index contributed by atoms with van der Waals surface area (Å²) in [5.41, 5.74) is 5.72. The van der Waals surface area contributed by atoms with E-state index in [0.29, 0.717) is 6.42 Å². The van der Waals surface area contributed by atoms with Crippen molar-refractivity contribution in [1.29, 1.82) is 0 Å². The summed E-state index contributed by atoms with van der Waals surface area (Å²) in [6.45, 7) is 3.85. The van der Waals surface area contributed by atoms with Gasteiger partial charge in [0.2, 0.25) is 0 Å². The van der Waals surface area contributed by atoms with Gasteiger partial charge >= 0.3 is 0 Å². The van der Waals surface area contributed by atoms with Crippen molar-refractivity contribution in [2.45, 2.75) is 38.8 Å². The van der Waals surface area contributed by atoms with Crippen LogP contribution >= 0.6 is 0 Å². The number of aliphatic hydroxyl groups is 1. The molecule has 0 radical (unpaired) electrons. The first-order valence-electron chi connectivity index (χ1n) is 4.60. The molecule has 0 aromatic rings. The Labute approximate surface area is 72.9 Å². The van der Waals surface area contributed by atoms with E-state index in [1.165, 1.54) is 0 Å². The summed E-state index contributed by atoms with van der Waals surface area (Å²) in [6, 6.07) is -0.340. The molecule has 1 aliphatic rings. The van der Waals surface area contributed by atoms with Crippen LogP contribution in [0.5, 0.6) is 0 Å². The van der Waals surface area contributed by atoms with Crippen molar-refractivity contribution in [1.82, 2.24) is 0 Å². The molecule has 0 heterocycles. The predicted octanol–water partition coefficient (Wildman–Crippen LogP) is 0.310. The highest BCUT2D eigenvalue weighted by atomic mass is 16.3. The first-order valence-corrected chi connectivity index (χ1v) is 4.60. The molecule has 0 aliphatic heterocycles. The molecule has 1 rings (SSSR count). The fourth-order valence-electron chi connectivity index (χ4n) is 2.06. The van der Waals surface area contributed by atoms with Crippen LogP contribution in [0.3, 0.4) is 0 Å². The minimum Gasteiger partial charge on any atom is -0.391 e. The lowest BCUT2D eigenvalue weighted by atomic mass is 9.98. The van der Waals surface area contributed by atoms with Crippen molar-refractivity contribution in [2.24, 2.45) is 17.6 Å². The maximum absolute atomic E-state index is 11.5. The van der Waals surface area contributed by atoms with Crippen molar-refractivity contribution < 1.29 is 9.90 Å². The van der Waals surface area contributed by atoms with E-state index in [2.05, 4.69) is 0 Å². The second-order valence-electron chi connectivity index (χ2n) is 3.50. The Hall–Kier alpha value is -0.410. The van der Waals surface area contributed by atoms with Crippen LogP contribution < -0.4 is 5.73 Å². The quantitative estimate of drug-likeness (QED) is 0.628. The molecule has 0 aromatic heterocycles. The first kappa shape index (κ1) is 9.68. The molecule has 3 N–H and O–H groups in total. The number of aliphatic hydroxyl groups excluding tert-OH is 1.